The molecule has 2 aromatic rings. The van der Waals surface area contributed by atoms with Crippen molar-refractivity contribution in [2.75, 3.05) is 0 Å². The van der Waals surface area contributed by atoms with Gasteiger partial charge < -0.3 is 5.73 Å². The standard InChI is InChI=1S/C14H18N2O2S2/c1-10-5-13(7-15)6-14(11(10)2)20(17,18)16-8-12-3-4-19-9-12/h3-6,9,16H,7-8,15H2,1-2H3. The first kappa shape index (κ1) is 15.2. The number of sulfonamides is 1. The number of nitrogens with two attached hydrogens (primary N) is 1. The van der Waals surface area contributed by atoms with Gasteiger partial charge in [0.15, 0.2) is 0 Å². The van der Waals surface area contributed by atoms with Crippen LogP contribution >= 0.6 is 11.3 Å². The van der Waals surface area contributed by atoms with Crippen molar-refractivity contribution in [1.29, 1.82) is 0 Å². The van der Waals surface area contributed by atoms with E-state index in [1.807, 2.05) is 36.7 Å². The highest BCUT2D eigenvalue weighted by Crippen LogP contribution is 2.21. The minimum Gasteiger partial charge on any atom is -0.326 e. The average molecular weight is 310 g/mol. The van der Waals surface area contributed by atoms with Crippen LogP contribution in [0.3, 0.4) is 0 Å². The van der Waals surface area contributed by atoms with Crippen LogP contribution in [0.2, 0.25) is 0 Å². The summed E-state index contributed by atoms with van der Waals surface area (Å²) in [5.41, 5.74) is 9.10. The lowest BCUT2D eigenvalue weighted by atomic mass is 10.1. The fourth-order valence-corrected chi connectivity index (χ4v) is 4.00. The second kappa shape index (κ2) is 6.05. The van der Waals surface area contributed by atoms with E-state index in [2.05, 4.69) is 4.72 Å². The van der Waals surface area contributed by atoms with Crippen LogP contribution in [0.5, 0.6) is 0 Å². The molecule has 0 saturated carbocycles. The summed E-state index contributed by atoms with van der Waals surface area (Å²) in [6.07, 6.45) is 0. The maximum Gasteiger partial charge on any atom is 0.241 e. The number of rotatable bonds is 5. The number of benzene rings is 1. The molecule has 3 N–H and O–H groups in total. The molecule has 2 rings (SSSR count). The first-order valence-electron chi connectivity index (χ1n) is 6.25. The molecule has 0 fully saturated rings. The van der Waals surface area contributed by atoms with Gasteiger partial charge in [0.2, 0.25) is 10.0 Å². The Morgan fingerprint density at radius 2 is 2.00 bits per heavy atom. The molecule has 6 heteroatoms. The molecule has 0 aliphatic rings. The molecule has 1 aromatic heterocycles. The topological polar surface area (TPSA) is 72.2 Å². The van der Waals surface area contributed by atoms with Crippen LogP contribution in [0.15, 0.2) is 33.9 Å². The molecule has 0 unspecified atom stereocenters. The number of hydrogen-bond donors (Lipinski definition) is 2. The quantitative estimate of drug-likeness (QED) is 0.890. The fraction of sp³-hybridized carbons (Fsp3) is 0.286. The van der Waals surface area contributed by atoms with Crippen molar-refractivity contribution in [3.05, 3.63) is 51.2 Å². The van der Waals surface area contributed by atoms with Gasteiger partial charge in [-0.05, 0) is 59.0 Å². The maximum atomic E-state index is 12.4. The number of nitrogens with one attached hydrogen (secondary N) is 1. The molecule has 0 atom stereocenters. The van der Waals surface area contributed by atoms with Gasteiger partial charge in [-0.2, -0.15) is 11.3 Å². The van der Waals surface area contributed by atoms with Crippen molar-refractivity contribution in [3.63, 3.8) is 0 Å². The summed E-state index contributed by atoms with van der Waals surface area (Å²) >= 11 is 1.55. The predicted octanol–water partition coefficient (Wildman–Crippen LogP) is 2.30. The van der Waals surface area contributed by atoms with E-state index in [1.54, 1.807) is 17.4 Å². The zero-order valence-corrected chi connectivity index (χ0v) is 13.1. The summed E-state index contributed by atoms with van der Waals surface area (Å²) in [6.45, 7) is 4.34. The van der Waals surface area contributed by atoms with Gasteiger partial charge in [-0.1, -0.05) is 6.07 Å². The van der Waals surface area contributed by atoms with Crippen LogP contribution in [-0.4, -0.2) is 8.42 Å². The molecule has 0 amide bonds. The Hall–Kier alpha value is -1.21. The zero-order valence-electron chi connectivity index (χ0n) is 11.5. The highest BCUT2D eigenvalue weighted by atomic mass is 32.2. The van der Waals surface area contributed by atoms with Crippen molar-refractivity contribution < 1.29 is 8.42 Å². The van der Waals surface area contributed by atoms with E-state index in [0.29, 0.717) is 18.0 Å². The minimum atomic E-state index is -3.52. The molecule has 0 aliphatic heterocycles. The second-order valence-corrected chi connectivity index (χ2v) is 7.21. The molecular formula is C14H18N2O2S2. The van der Waals surface area contributed by atoms with Gasteiger partial charge in [0, 0.05) is 13.1 Å². The lowest BCUT2D eigenvalue weighted by Gasteiger charge is -2.13. The number of thiophene rings is 1. The van der Waals surface area contributed by atoms with E-state index >= 15 is 0 Å². The number of hydrogen-bond acceptors (Lipinski definition) is 4. The third kappa shape index (κ3) is 3.27. The maximum absolute atomic E-state index is 12.4. The summed E-state index contributed by atoms with van der Waals surface area (Å²) in [7, 11) is -3.52. The van der Waals surface area contributed by atoms with Gasteiger partial charge in [0.05, 0.1) is 4.90 Å². The smallest absolute Gasteiger partial charge is 0.241 e. The summed E-state index contributed by atoms with van der Waals surface area (Å²) in [5.74, 6) is 0. The highest BCUT2D eigenvalue weighted by Gasteiger charge is 2.18. The van der Waals surface area contributed by atoms with Crippen molar-refractivity contribution in [1.82, 2.24) is 4.72 Å². The van der Waals surface area contributed by atoms with Crippen LogP contribution in [0.1, 0.15) is 22.3 Å². The van der Waals surface area contributed by atoms with Gasteiger partial charge in [0.1, 0.15) is 0 Å². The monoisotopic (exact) mass is 310 g/mol. The van der Waals surface area contributed by atoms with Crippen LogP contribution in [0.25, 0.3) is 0 Å². The highest BCUT2D eigenvalue weighted by molar-refractivity contribution is 7.89. The van der Waals surface area contributed by atoms with Crippen molar-refractivity contribution in [3.8, 4) is 0 Å². The SMILES string of the molecule is Cc1cc(CN)cc(S(=O)(=O)NCc2ccsc2)c1C. The van der Waals surface area contributed by atoms with E-state index in [1.165, 1.54) is 0 Å². The van der Waals surface area contributed by atoms with Crippen LogP contribution in [-0.2, 0) is 23.1 Å². The molecule has 1 aromatic carbocycles. The molecule has 0 bridgehead atoms. The van der Waals surface area contributed by atoms with Crippen molar-refractivity contribution in [2.45, 2.75) is 31.8 Å². The zero-order chi connectivity index (χ0) is 14.8. The normalized spacial score (nSPS) is 11.8. The van der Waals surface area contributed by atoms with Crippen molar-refractivity contribution >= 4 is 21.4 Å². The van der Waals surface area contributed by atoms with Crippen LogP contribution < -0.4 is 10.5 Å². The number of aryl methyl sites for hydroxylation is 1. The Labute approximate surface area is 123 Å². The fourth-order valence-electron chi connectivity index (χ4n) is 1.95. The summed E-state index contributed by atoms with van der Waals surface area (Å²) < 4.78 is 27.5. The predicted molar refractivity (Wildman–Crippen MR) is 82.2 cm³/mol. The first-order chi connectivity index (χ1) is 9.44. The van der Waals surface area contributed by atoms with Gasteiger partial charge in [-0.3, -0.25) is 0 Å². The van der Waals surface area contributed by atoms with E-state index < -0.39 is 10.0 Å². The first-order valence-corrected chi connectivity index (χ1v) is 8.67. The van der Waals surface area contributed by atoms with E-state index in [4.69, 9.17) is 5.73 Å². The third-order valence-corrected chi connectivity index (χ3v) is 5.51. The molecule has 1 heterocycles. The van der Waals surface area contributed by atoms with E-state index in [-0.39, 0.29) is 0 Å². The van der Waals surface area contributed by atoms with Crippen molar-refractivity contribution in [2.24, 2.45) is 5.73 Å². The minimum absolute atomic E-state index is 0.303. The van der Waals surface area contributed by atoms with Gasteiger partial charge in [-0.15, -0.1) is 0 Å². The molecule has 0 aliphatic carbocycles. The lowest BCUT2D eigenvalue weighted by molar-refractivity contribution is 0.580. The summed E-state index contributed by atoms with van der Waals surface area (Å²) in [4.78, 5) is 0.313. The summed E-state index contributed by atoms with van der Waals surface area (Å²) in [5, 5.41) is 3.85. The largest absolute Gasteiger partial charge is 0.326 e. The Balaban J connectivity index is 2.31. The van der Waals surface area contributed by atoms with Gasteiger partial charge in [0.25, 0.3) is 0 Å². The van der Waals surface area contributed by atoms with Gasteiger partial charge >= 0.3 is 0 Å². The van der Waals surface area contributed by atoms with E-state index in [0.717, 1.165) is 22.3 Å². The molecule has 4 nitrogen and oxygen atoms in total. The molecule has 0 spiro atoms. The van der Waals surface area contributed by atoms with Crippen LogP contribution in [0, 0.1) is 13.8 Å². The Morgan fingerprint density at radius 3 is 2.60 bits per heavy atom. The third-order valence-electron chi connectivity index (χ3n) is 3.25. The molecular weight excluding hydrogens is 292 g/mol. The molecule has 0 radical (unpaired) electrons. The Bertz CT molecular complexity index is 692. The Kier molecular flexibility index (Phi) is 4.59. The van der Waals surface area contributed by atoms with Gasteiger partial charge in [-0.25, -0.2) is 13.1 Å². The average Bonchev–Trinajstić information content (AvgIpc) is 2.92. The Morgan fingerprint density at radius 1 is 1.25 bits per heavy atom. The second-order valence-electron chi connectivity index (χ2n) is 4.70. The van der Waals surface area contributed by atoms with E-state index in [9.17, 15) is 8.42 Å². The molecule has 108 valence electrons. The summed E-state index contributed by atoms with van der Waals surface area (Å²) in [6, 6.07) is 5.48. The molecule has 20 heavy (non-hydrogen) atoms. The molecule has 0 saturated heterocycles. The lowest BCUT2D eigenvalue weighted by Crippen LogP contribution is -2.24. The van der Waals surface area contributed by atoms with Crippen LogP contribution in [0.4, 0.5) is 0 Å².